The summed E-state index contributed by atoms with van der Waals surface area (Å²) in [7, 11) is -0.783. The summed E-state index contributed by atoms with van der Waals surface area (Å²) in [5.74, 6) is 1.67. The number of benzene rings is 1. The maximum Gasteiger partial charge on any atom is 0.194 e. The van der Waals surface area contributed by atoms with E-state index in [1.165, 1.54) is 31.2 Å². The summed E-state index contributed by atoms with van der Waals surface area (Å²) in [4.78, 5) is 6.95. The second-order valence-corrected chi connectivity index (χ2v) is 9.63. The molecule has 1 aliphatic carbocycles. The zero-order chi connectivity index (χ0) is 17.7. The Bertz CT molecular complexity index is 688. The van der Waals surface area contributed by atoms with Gasteiger partial charge in [0.15, 0.2) is 15.8 Å². The second-order valence-electron chi connectivity index (χ2n) is 7.40. The minimum absolute atomic E-state index is 0. The van der Waals surface area contributed by atoms with Gasteiger partial charge in [-0.2, -0.15) is 0 Å². The highest BCUT2D eigenvalue weighted by Crippen LogP contribution is 2.20. The van der Waals surface area contributed by atoms with Crippen molar-refractivity contribution in [3.63, 3.8) is 0 Å². The fraction of sp³-hybridized carbons (Fsp3) is 0.632. The van der Waals surface area contributed by atoms with E-state index in [9.17, 15) is 8.42 Å². The van der Waals surface area contributed by atoms with Gasteiger partial charge in [0.2, 0.25) is 0 Å². The lowest BCUT2D eigenvalue weighted by Gasteiger charge is -2.26. The summed E-state index contributed by atoms with van der Waals surface area (Å²) in [6.07, 6.45) is 5.67. The number of sulfone groups is 1. The fourth-order valence-electron chi connectivity index (χ4n) is 3.69. The standard InChI is InChI=1S/C19H29N3O2S.HI/c1-22(14-16-7-3-2-4-8-16)19(21-18-9-5-6-10-18)20-13-17-11-12-25(23,24)15-17;/h2-4,7-8,17-18H,5-6,9-15H2,1H3,(H,20,21);1H. The molecule has 1 N–H and O–H groups in total. The van der Waals surface area contributed by atoms with Gasteiger partial charge in [0.25, 0.3) is 0 Å². The average Bonchev–Trinajstić information content (AvgIpc) is 3.21. The van der Waals surface area contributed by atoms with E-state index < -0.39 is 9.84 Å². The van der Waals surface area contributed by atoms with Crippen molar-refractivity contribution in [2.24, 2.45) is 10.9 Å². The summed E-state index contributed by atoms with van der Waals surface area (Å²) in [6.45, 7) is 1.38. The van der Waals surface area contributed by atoms with Crippen LogP contribution in [0.1, 0.15) is 37.7 Å². The number of hydrogen-bond acceptors (Lipinski definition) is 3. The van der Waals surface area contributed by atoms with Gasteiger partial charge in [-0.15, -0.1) is 24.0 Å². The lowest BCUT2D eigenvalue weighted by atomic mass is 10.1. The Kier molecular flexibility index (Phi) is 8.19. The molecule has 1 aliphatic heterocycles. The van der Waals surface area contributed by atoms with Gasteiger partial charge in [-0.25, -0.2) is 8.42 Å². The second kappa shape index (κ2) is 9.92. The Balaban J connectivity index is 0.00000243. The van der Waals surface area contributed by atoms with Crippen LogP contribution < -0.4 is 5.32 Å². The highest BCUT2D eigenvalue weighted by Gasteiger charge is 2.28. The molecule has 0 spiro atoms. The molecule has 5 nitrogen and oxygen atoms in total. The molecular weight excluding hydrogens is 461 g/mol. The monoisotopic (exact) mass is 491 g/mol. The maximum atomic E-state index is 11.7. The quantitative estimate of drug-likeness (QED) is 0.391. The molecule has 3 rings (SSSR count). The molecule has 0 aromatic heterocycles. The summed E-state index contributed by atoms with van der Waals surface area (Å²) in [6, 6.07) is 10.8. The van der Waals surface area contributed by atoms with Gasteiger partial charge in [0.1, 0.15) is 0 Å². The van der Waals surface area contributed by atoms with Crippen LogP contribution in [-0.2, 0) is 16.4 Å². The van der Waals surface area contributed by atoms with E-state index in [-0.39, 0.29) is 35.6 Å². The Labute approximate surface area is 174 Å². The minimum atomic E-state index is -2.84. The van der Waals surface area contributed by atoms with Gasteiger partial charge in [0, 0.05) is 26.2 Å². The zero-order valence-corrected chi connectivity index (χ0v) is 18.6. The van der Waals surface area contributed by atoms with Crippen molar-refractivity contribution in [1.29, 1.82) is 0 Å². The Morgan fingerprint density at radius 1 is 1.19 bits per heavy atom. The van der Waals surface area contributed by atoms with Gasteiger partial charge in [-0.05, 0) is 30.7 Å². The molecule has 0 amide bonds. The van der Waals surface area contributed by atoms with Crippen LogP contribution in [0.25, 0.3) is 0 Å². The number of halogens is 1. The number of hydrogen-bond donors (Lipinski definition) is 1. The first-order valence-electron chi connectivity index (χ1n) is 9.28. The van der Waals surface area contributed by atoms with Gasteiger partial charge in [-0.1, -0.05) is 43.2 Å². The SMILES string of the molecule is CN(Cc1ccccc1)C(=NCC1CCS(=O)(=O)C1)NC1CCCC1.I. The third-order valence-electron chi connectivity index (χ3n) is 5.14. The highest BCUT2D eigenvalue weighted by molar-refractivity contribution is 14.0. The van der Waals surface area contributed by atoms with Crippen molar-refractivity contribution in [3.8, 4) is 0 Å². The fourth-order valence-corrected chi connectivity index (χ4v) is 5.54. The summed E-state index contributed by atoms with van der Waals surface area (Å²) >= 11 is 0. The molecule has 1 saturated heterocycles. The van der Waals surface area contributed by atoms with Crippen molar-refractivity contribution in [2.75, 3.05) is 25.1 Å². The van der Waals surface area contributed by atoms with Crippen molar-refractivity contribution in [1.82, 2.24) is 10.2 Å². The third-order valence-corrected chi connectivity index (χ3v) is 6.98. The van der Waals surface area contributed by atoms with Crippen molar-refractivity contribution in [2.45, 2.75) is 44.7 Å². The van der Waals surface area contributed by atoms with Gasteiger partial charge >= 0.3 is 0 Å². The molecule has 1 unspecified atom stereocenters. The summed E-state index contributed by atoms with van der Waals surface area (Å²) in [5, 5.41) is 3.61. The van der Waals surface area contributed by atoms with Crippen molar-refractivity contribution in [3.05, 3.63) is 35.9 Å². The third kappa shape index (κ3) is 6.40. The van der Waals surface area contributed by atoms with Gasteiger partial charge < -0.3 is 10.2 Å². The Morgan fingerprint density at radius 3 is 2.50 bits per heavy atom. The average molecular weight is 491 g/mol. The molecule has 146 valence electrons. The summed E-state index contributed by atoms with van der Waals surface area (Å²) in [5.41, 5.74) is 1.24. The molecule has 0 radical (unpaired) electrons. The van der Waals surface area contributed by atoms with E-state index in [2.05, 4.69) is 29.4 Å². The zero-order valence-electron chi connectivity index (χ0n) is 15.4. The highest BCUT2D eigenvalue weighted by atomic mass is 127. The van der Waals surface area contributed by atoms with Crippen molar-refractivity contribution >= 4 is 39.8 Å². The molecule has 1 heterocycles. The van der Waals surface area contributed by atoms with Crippen LogP contribution in [0.4, 0.5) is 0 Å². The van der Waals surface area contributed by atoms with Crippen LogP contribution in [0.3, 0.4) is 0 Å². The summed E-state index contributed by atoms with van der Waals surface area (Å²) < 4.78 is 23.3. The van der Waals surface area contributed by atoms with E-state index in [1.54, 1.807) is 0 Å². The van der Waals surface area contributed by atoms with Gasteiger partial charge in [0.05, 0.1) is 11.5 Å². The predicted octanol–water partition coefficient (Wildman–Crippen LogP) is 3.06. The van der Waals surface area contributed by atoms with E-state index in [0.717, 1.165) is 18.9 Å². The molecule has 0 bridgehead atoms. The number of nitrogens with one attached hydrogen (secondary N) is 1. The molecule has 1 atom stereocenters. The van der Waals surface area contributed by atoms with E-state index in [4.69, 9.17) is 4.99 Å². The maximum absolute atomic E-state index is 11.7. The number of guanidine groups is 1. The number of rotatable bonds is 5. The van der Waals surface area contributed by atoms with E-state index in [0.29, 0.717) is 18.3 Å². The van der Waals surface area contributed by atoms with Crippen LogP contribution in [0.15, 0.2) is 35.3 Å². The van der Waals surface area contributed by atoms with E-state index >= 15 is 0 Å². The topological polar surface area (TPSA) is 61.8 Å². The first-order chi connectivity index (χ1) is 12.0. The predicted molar refractivity (Wildman–Crippen MR) is 118 cm³/mol. The molecule has 1 saturated carbocycles. The van der Waals surface area contributed by atoms with Crippen LogP contribution in [-0.4, -0.2) is 50.4 Å². The molecule has 2 aliphatic rings. The Morgan fingerprint density at radius 2 is 1.88 bits per heavy atom. The smallest absolute Gasteiger partial charge is 0.194 e. The first kappa shape index (κ1) is 21.5. The van der Waals surface area contributed by atoms with Crippen LogP contribution in [0.2, 0.25) is 0 Å². The lowest BCUT2D eigenvalue weighted by Crippen LogP contribution is -2.43. The van der Waals surface area contributed by atoms with Crippen LogP contribution >= 0.6 is 24.0 Å². The Hall–Kier alpha value is -0.830. The van der Waals surface area contributed by atoms with Crippen LogP contribution in [0, 0.1) is 5.92 Å². The van der Waals surface area contributed by atoms with Crippen LogP contribution in [0.5, 0.6) is 0 Å². The lowest BCUT2D eigenvalue weighted by molar-refractivity contribution is 0.453. The van der Waals surface area contributed by atoms with E-state index in [1.807, 2.05) is 18.2 Å². The van der Waals surface area contributed by atoms with Gasteiger partial charge in [-0.3, -0.25) is 4.99 Å². The first-order valence-corrected chi connectivity index (χ1v) is 11.1. The minimum Gasteiger partial charge on any atom is -0.354 e. The molecule has 1 aromatic carbocycles. The normalized spacial score (nSPS) is 22.8. The van der Waals surface area contributed by atoms with Crippen molar-refractivity contribution < 1.29 is 8.42 Å². The molecular formula is C19H30IN3O2S. The molecule has 1 aromatic rings. The number of nitrogens with zero attached hydrogens (tertiary/aromatic N) is 2. The molecule has 2 fully saturated rings. The molecule has 7 heteroatoms. The molecule has 26 heavy (non-hydrogen) atoms. The largest absolute Gasteiger partial charge is 0.354 e. The number of aliphatic imine (C=N–C) groups is 1.